The molecule has 1 amide bonds. The van der Waals surface area contributed by atoms with Crippen molar-refractivity contribution in [3.05, 3.63) is 0 Å². The van der Waals surface area contributed by atoms with E-state index in [0.717, 1.165) is 25.7 Å². The van der Waals surface area contributed by atoms with Gasteiger partial charge >= 0.3 is 5.97 Å². The molecule has 0 aromatic carbocycles. The maximum Gasteiger partial charge on any atom is 0.328 e. The number of carboxylic acid groups (broad SMARTS) is 1. The molecule has 1 N–H and O–H groups in total. The summed E-state index contributed by atoms with van der Waals surface area (Å²) in [7, 11) is 0. The van der Waals surface area contributed by atoms with Crippen molar-refractivity contribution in [1.29, 1.82) is 0 Å². The molecule has 1 aliphatic carbocycles. The topological polar surface area (TPSA) is 66.8 Å². The molecule has 0 radical (unpaired) electrons. The summed E-state index contributed by atoms with van der Waals surface area (Å²) >= 11 is 0. The molecule has 2 aliphatic rings. The van der Waals surface area contributed by atoms with Gasteiger partial charge in [0, 0.05) is 12.5 Å². The Labute approximate surface area is 94.4 Å². The fraction of sp³-hybridized carbons (Fsp3) is 0.818. The number of amides is 1. The van der Waals surface area contributed by atoms with Crippen molar-refractivity contribution < 1.29 is 19.4 Å². The summed E-state index contributed by atoms with van der Waals surface area (Å²) < 4.78 is 5.11. The minimum atomic E-state index is -0.967. The van der Waals surface area contributed by atoms with Crippen LogP contribution in [-0.2, 0) is 14.3 Å². The van der Waals surface area contributed by atoms with Gasteiger partial charge in [-0.2, -0.15) is 0 Å². The summed E-state index contributed by atoms with van der Waals surface area (Å²) in [6.07, 6.45) is 3.97. The Morgan fingerprint density at radius 1 is 1.25 bits per heavy atom. The number of carboxylic acids is 1. The van der Waals surface area contributed by atoms with Crippen molar-refractivity contribution in [2.45, 2.75) is 31.7 Å². The average molecular weight is 227 g/mol. The Morgan fingerprint density at radius 2 is 1.94 bits per heavy atom. The molecule has 2 fully saturated rings. The molecule has 1 saturated heterocycles. The molecule has 0 aromatic heterocycles. The predicted molar refractivity (Wildman–Crippen MR) is 55.9 cm³/mol. The second-order valence-electron chi connectivity index (χ2n) is 4.44. The minimum Gasteiger partial charge on any atom is -0.480 e. The smallest absolute Gasteiger partial charge is 0.328 e. The highest BCUT2D eigenvalue weighted by Gasteiger charge is 2.36. The zero-order valence-electron chi connectivity index (χ0n) is 9.22. The second-order valence-corrected chi connectivity index (χ2v) is 4.44. The average Bonchev–Trinajstić information content (AvgIpc) is 2.81. The fourth-order valence-corrected chi connectivity index (χ4v) is 2.48. The maximum absolute atomic E-state index is 12.1. The van der Waals surface area contributed by atoms with Gasteiger partial charge in [-0.05, 0) is 12.8 Å². The molecule has 90 valence electrons. The van der Waals surface area contributed by atoms with Crippen LogP contribution >= 0.6 is 0 Å². The number of morpholine rings is 1. The number of hydrogen-bond acceptors (Lipinski definition) is 3. The molecular formula is C11H17NO4. The lowest BCUT2D eigenvalue weighted by atomic mass is 10.0. The predicted octanol–water partition coefficient (Wildman–Crippen LogP) is 0.489. The number of carbonyl (C=O) groups is 2. The van der Waals surface area contributed by atoms with Crippen LogP contribution in [0.4, 0.5) is 0 Å². The number of hydrogen-bond donors (Lipinski definition) is 1. The molecule has 0 spiro atoms. The SMILES string of the molecule is O=C(O)C1COCCN1C(=O)C1CCCC1. The van der Waals surface area contributed by atoms with Crippen molar-refractivity contribution >= 4 is 11.9 Å². The first-order valence-electron chi connectivity index (χ1n) is 5.81. The van der Waals surface area contributed by atoms with E-state index in [1.807, 2.05) is 0 Å². The Kier molecular flexibility index (Phi) is 3.43. The van der Waals surface area contributed by atoms with E-state index < -0.39 is 12.0 Å². The van der Waals surface area contributed by atoms with Crippen molar-refractivity contribution in [2.75, 3.05) is 19.8 Å². The van der Waals surface area contributed by atoms with E-state index in [9.17, 15) is 9.59 Å². The van der Waals surface area contributed by atoms with E-state index in [-0.39, 0.29) is 18.4 Å². The molecule has 1 unspecified atom stereocenters. The minimum absolute atomic E-state index is 0.00759. The van der Waals surface area contributed by atoms with Gasteiger partial charge < -0.3 is 14.7 Å². The lowest BCUT2D eigenvalue weighted by Gasteiger charge is -2.34. The summed E-state index contributed by atoms with van der Waals surface area (Å²) in [4.78, 5) is 24.6. The van der Waals surface area contributed by atoms with Crippen molar-refractivity contribution in [1.82, 2.24) is 4.90 Å². The molecule has 0 aromatic rings. The third kappa shape index (κ3) is 2.19. The highest BCUT2D eigenvalue weighted by atomic mass is 16.5. The fourth-order valence-electron chi connectivity index (χ4n) is 2.48. The van der Waals surface area contributed by atoms with E-state index in [1.54, 1.807) is 0 Å². The number of rotatable bonds is 2. The van der Waals surface area contributed by atoms with Gasteiger partial charge in [-0.15, -0.1) is 0 Å². The molecule has 5 nitrogen and oxygen atoms in total. The molecule has 16 heavy (non-hydrogen) atoms. The molecule has 5 heteroatoms. The number of nitrogens with zero attached hydrogens (tertiary/aromatic N) is 1. The zero-order chi connectivity index (χ0) is 11.5. The van der Waals surface area contributed by atoms with Gasteiger partial charge in [0.05, 0.1) is 13.2 Å². The van der Waals surface area contributed by atoms with Crippen LogP contribution in [0.1, 0.15) is 25.7 Å². The van der Waals surface area contributed by atoms with E-state index in [4.69, 9.17) is 9.84 Å². The highest BCUT2D eigenvalue weighted by molar-refractivity contribution is 5.85. The van der Waals surface area contributed by atoms with Crippen LogP contribution in [0.2, 0.25) is 0 Å². The van der Waals surface area contributed by atoms with Crippen LogP contribution in [0.3, 0.4) is 0 Å². The second kappa shape index (κ2) is 4.82. The third-order valence-corrected chi connectivity index (χ3v) is 3.40. The van der Waals surface area contributed by atoms with Gasteiger partial charge in [0.15, 0.2) is 6.04 Å². The third-order valence-electron chi connectivity index (χ3n) is 3.40. The molecule has 1 heterocycles. The van der Waals surface area contributed by atoms with Crippen LogP contribution in [0.5, 0.6) is 0 Å². The molecule has 1 aliphatic heterocycles. The Bertz CT molecular complexity index is 286. The van der Waals surface area contributed by atoms with Crippen LogP contribution in [-0.4, -0.2) is 47.7 Å². The Hall–Kier alpha value is -1.10. The molecule has 2 rings (SSSR count). The summed E-state index contributed by atoms with van der Waals surface area (Å²) in [5.41, 5.74) is 0. The molecule has 1 atom stereocenters. The van der Waals surface area contributed by atoms with Gasteiger partial charge in [0.1, 0.15) is 0 Å². The van der Waals surface area contributed by atoms with Crippen LogP contribution < -0.4 is 0 Å². The summed E-state index contributed by atoms with van der Waals surface area (Å²) in [5.74, 6) is -0.917. The molecule has 0 bridgehead atoms. The van der Waals surface area contributed by atoms with E-state index in [1.165, 1.54) is 4.90 Å². The number of ether oxygens (including phenoxy) is 1. The van der Waals surface area contributed by atoms with Crippen molar-refractivity contribution in [2.24, 2.45) is 5.92 Å². The number of aliphatic carboxylic acids is 1. The van der Waals surface area contributed by atoms with Gasteiger partial charge in [-0.3, -0.25) is 4.79 Å². The maximum atomic E-state index is 12.1. The Morgan fingerprint density at radius 3 is 2.56 bits per heavy atom. The van der Waals surface area contributed by atoms with E-state index >= 15 is 0 Å². The van der Waals surface area contributed by atoms with Crippen LogP contribution in [0.25, 0.3) is 0 Å². The van der Waals surface area contributed by atoms with Gasteiger partial charge in [-0.1, -0.05) is 12.8 Å². The highest BCUT2D eigenvalue weighted by Crippen LogP contribution is 2.27. The first-order valence-corrected chi connectivity index (χ1v) is 5.81. The summed E-state index contributed by atoms with van der Waals surface area (Å²) in [5, 5.41) is 9.03. The first kappa shape index (κ1) is 11.4. The monoisotopic (exact) mass is 227 g/mol. The van der Waals surface area contributed by atoms with E-state index in [0.29, 0.717) is 13.2 Å². The van der Waals surface area contributed by atoms with Crippen LogP contribution in [0, 0.1) is 5.92 Å². The largest absolute Gasteiger partial charge is 0.480 e. The lowest BCUT2D eigenvalue weighted by Crippen LogP contribution is -2.54. The van der Waals surface area contributed by atoms with Crippen molar-refractivity contribution in [3.8, 4) is 0 Å². The summed E-state index contributed by atoms with van der Waals surface area (Å²) in [6, 6.07) is -0.790. The quantitative estimate of drug-likeness (QED) is 0.745. The van der Waals surface area contributed by atoms with Gasteiger partial charge in [0.25, 0.3) is 0 Å². The van der Waals surface area contributed by atoms with E-state index in [2.05, 4.69) is 0 Å². The van der Waals surface area contributed by atoms with Gasteiger partial charge in [-0.25, -0.2) is 4.79 Å². The Balaban J connectivity index is 2.04. The van der Waals surface area contributed by atoms with Crippen molar-refractivity contribution in [3.63, 3.8) is 0 Å². The van der Waals surface area contributed by atoms with Crippen LogP contribution in [0.15, 0.2) is 0 Å². The molecular weight excluding hydrogens is 210 g/mol. The number of carbonyl (C=O) groups excluding carboxylic acids is 1. The zero-order valence-corrected chi connectivity index (χ0v) is 9.22. The van der Waals surface area contributed by atoms with Gasteiger partial charge in [0.2, 0.25) is 5.91 Å². The normalized spacial score (nSPS) is 27.0. The molecule has 1 saturated carbocycles. The first-order chi connectivity index (χ1) is 7.70. The summed E-state index contributed by atoms with van der Waals surface area (Å²) in [6.45, 7) is 0.975. The lowest BCUT2D eigenvalue weighted by molar-refractivity contribution is -0.160. The standard InChI is InChI=1S/C11H17NO4/c13-10(8-3-1-2-4-8)12-5-6-16-7-9(12)11(14)15/h8-9H,1-7H2,(H,14,15).